The molecule has 4 nitrogen and oxygen atoms in total. The summed E-state index contributed by atoms with van der Waals surface area (Å²) in [5, 5.41) is 0. The number of nitrogens with zero attached hydrogens (tertiary/aromatic N) is 1. The van der Waals surface area contributed by atoms with Gasteiger partial charge in [-0.3, -0.25) is 9.79 Å². The molecule has 0 aromatic heterocycles. The number of aliphatic imine (C=N–C) groups is 1. The molecule has 0 bridgehead atoms. The predicted molar refractivity (Wildman–Crippen MR) is 27.4 cm³/mol. The van der Waals surface area contributed by atoms with Gasteiger partial charge in [-0.15, -0.1) is 0 Å². The Hall–Kier alpha value is -0.900. The number of hydrogen-bond donors (Lipinski definition) is 1. The van der Waals surface area contributed by atoms with Crippen LogP contribution in [0.5, 0.6) is 0 Å². The van der Waals surface area contributed by atoms with E-state index in [1.165, 1.54) is 6.21 Å². The third-order valence-corrected chi connectivity index (χ3v) is 0.813. The number of rotatable bonds is 1. The molecule has 44 valence electrons. The number of ether oxygens (including phenoxy) is 1. The maximum Gasteiger partial charge on any atom is 0.269 e. The van der Waals surface area contributed by atoms with Crippen LogP contribution in [-0.4, -0.2) is 25.0 Å². The van der Waals surface area contributed by atoms with Gasteiger partial charge in [0.15, 0.2) is 0 Å². The van der Waals surface area contributed by atoms with Crippen LogP contribution in [0.2, 0.25) is 0 Å². The maximum atomic E-state index is 10.2. The van der Waals surface area contributed by atoms with Crippen molar-refractivity contribution in [3.05, 3.63) is 0 Å². The topological polar surface area (TPSA) is 64.7 Å². The second kappa shape index (κ2) is 1.92. The first kappa shape index (κ1) is 5.24. The first-order valence-electron chi connectivity index (χ1n) is 2.23. The molecule has 0 aromatic rings. The third-order valence-electron chi connectivity index (χ3n) is 0.813. The van der Waals surface area contributed by atoms with Gasteiger partial charge in [0.25, 0.3) is 5.91 Å². The van der Waals surface area contributed by atoms with Gasteiger partial charge in [-0.1, -0.05) is 0 Å². The summed E-state index contributed by atoms with van der Waals surface area (Å²) in [5.41, 5.74) is 4.82. The molecule has 1 rings (SSSR count). The fourth-order valence-corrected chi connectivity index (χ4v) is 0.472. The molecule has 0 fully saturated rings. The summed E-state index contributed by atoms with van der Waals surface area (Å²) in [5.74, 6) is -0.529. The van der Waals surface area contributed by atoms with Crippen molar-refractivity contribution in [2.75, 3.05) is 6.61 Å². The van der Waals surface area contributed by atoms with E-state index in [2.05, 4.69) is 4.99 Å². The molecule has 1 unspecified atom stereocenters. The van der Waals surface area contributed by atoms with Crippen LogP contribution in [0.15, 0.2) is 4.99 Å². The molecule has 8 heavy (non-hydrogen) atoms. The minimum atomic E-state index is -0.727. The average molecular weight is 114 g/mol. The lowest BCUT2D eigenvalue weighted by Gasteiger charge is -1.98. The van der Waals surface area contributed by atoms with Gasteiger partial charge in [-0.25, -0.2) is 0 Å². The summed E-state index contributed by atoms with van der Waals surface area (Å²) in [6, 6.07) is 0. The largest absolute Gasteiger partial charge is 0.366 e. The van der Waals surface area contributed by atoms with Gasteiger partial charge in [-0.2, -0.15) is 0 Å². The summed E-state index contributed by atoms with van der Waals surface area (Å²) < 4.78 is 4.72. The number of carbonyl (C=O) groups excluding carboxylic acids is 1. The lowest BCUT2D eigenvalue weighted by Crippen LogP contribution is -2.26. The second-order valence-electron chi connectivity index (χ2n) is 1.42. The van der Waals surface area contributed by atoms with Gasteiger partial charge in [-0.05, 0) is 0 Å². The molecule has 0 saturated carbocycles. The van der Waals surface area contributed by atoms with Gasteiger partial charge < -0.3 is 10.5 Å². The molecule has 0 aromatic carbocycles. The predicted octanol–water partition coefficient (Wildman–Crippen LogP) is -1.10. The summed E-state index contributed by atoms with van der Waals surface area (Å²) in [6.07, 6.45) is 0.796. The van der Waals surface area contributed by atoms with Crippen LogP contribution in [0, 0.1) is 0 Å². The lowest BCUT2D eigenvalue weighted by atomic mass is 10.6. The molecule has 1 heterocycles. The Labute approximate surface area is 46.3 Å². The van der Waals surface area contributed by atoms with Crippen LogP contribution in [0.3, 0.4) is 0 Å². The molecular formula is C4H6N2O2. The highest BCUT2D eigenvalue weighted by Gasteiger charge is 2.15. The zero-order valence-corrected chi connectivity index (χ0v) is 4.20. The van der Waals surface area contributed by atoms with E-state index in [1.807, 2.05) is 0 Å². The Balaban J connectivity index is 2.48. The quantitative estimate of drug-likeness (QED) is 0.470. The van der Waals surface area contributed by atoms with E-state index >= 15 is 0 Å². The first-order chi connectivity index (χ1) is 3.80. The summed E-state index contributed by atoms with van der Waals surface area (Å²) in [7, 11) is 0. The summed E-state index contributed by atoms with van der Waals surface area (Å²) >= 11 is 0. The van der Waals surface area contributed by atoms with Crippen LogP contribution >= 0.6 is 0 Å². The Morgan fingerprint density at radius 3 is 3.00 bits per heavy atom. The summed E-state index contributed by atoms with van der Waals surface area (Å²) in [4.78, 5) is 13.8. The number of nitrogens with two attached hydrogens (primary N) is 1. The van der Waals surface area contributed by atoms with E-state index in [4.69, 9.17) is 10.5 Å². The highest BCUT2D eigenvalue weighted by molar-refractivity contribution is 5.81. The van der Waals surface area contributed by atoms with Crippen molar-refractivity contribution < 1.29 is 9.53 Å². The van der Waals surface area contributed by atoms with Crippen molar-refractivity contribution in [1.82, 2.24) is 0 Å². The van der Waals surface area contributed by atoms with Crippen molar-refractivity contribution in [2.24, 2.45) is 10.7 Å². The SMILES string of the molecule is NC(=O)C1N=CCO1. The normalized spacial score (nSPS) is 26.2. The standard InChI is InChI=1S/C4H6N2O2/c5-3(7)4-6-1-2-8-4/h1,4H,2H2,(H2,5,7). The number of amides is 1. The highest BCUT2D eigenvalue weighted by atomic mass is 16.5. The van der Waals surface area contributed by atoms with Crippen LogP contribution in [-0.2, 0) is 9.53 Å². The van der Waals surface area contributed by atoms with Gasteiger partial charge in [0.05, 0.1) is 6.61 Å². The van der Waals surface area contributed by atoms with Crippen molar-refractivity contribution in [2.45, 2.75) is 6.23 Å². The van der Waals surface area contributed by atoms with E-state index in [0.29, 0.717) is 6.61 Å². The molecule has 0 saturated heterocycles. The van der Waals surface area contributed by atoms with Crippen molar-refractivity contribution in [1.29, 1.82) is 0 Å². The van der Waals surface area contributed by atoms with Crippen molar-refractivity contribution in [3.63, 3.8) is 0 Å². The van der Waals surface area contributed by atoms with E-state index in [9.17, 15) is 4.79 Å². The Morgan fingerprint density at radius 2 is 2.75 bits per heavy atom. The molecule has 1 aliphatic rings. The number of hydrogen-bond acceptors (Lipinski definition) is 3. The molecule has 4 heteroatoms. The molecule has 0 aliphatic carbocycles. The fraction of sp³-hybridized carbons (Fsp3) is 0.500. The highest BCUT2D eigenvalue weighted by Crippen LogP contribution is 1.96. The van der Waals surface area contributed by atoms with E-state index in [-0.39, 0.29) is 0 Å². The van der Waals surface area contributed by atoms with Crippen molar-refractivity contribution in [3.8, 4) is 0 Å². The van der Waals surface area contributed by atoms with Gasteiger partial charge >= 0.3 is 0 Å². The first-order valence-corrected chi connectivity index (χ1v) is 2.23. The van der Waals surface area contributed by atoms with Crippen LogP contribution in [0.1, 0.15) is 0 Å². The Morgan fingerprint density at radius 1 is 2.00 bits per heavy atom. The minimum absolute atomic E-state index is 0.396. The van der Waals surface area contributed by atoms with Crippen LogP contribution < -0.4 is 5.73 Å². The smallest absolute Gasteiger partial charge is 0.269 e. The Bertz CT molecular complexity index is 132. The minimum Gasteiger partial charge on any atom is -0.366 e. The molecule has 1 aliphatic heterocycles. The van der Waals surface area contributed by atoms with Crippen LogP contribution in [0.4, 0.5) is 0 Å². The van der Waals surface area contributed by atoms with E-state index < -0.39 is 12.1 Å². The molecule has 2 N–H and O–H groups in total. The number of primary amides is 1. The molecule has 0 spiro atoms. The lowest BCUT2D eigenvalue weighted by molar-refractivity contribution is -0.126. The number of carbonyl (C=O) groups is 1. The Kier molecular flexibility index (Phi) is 1.26. The zero-order chi connectivity index (χ0) is 5.98. The second-order valence-corrected chi connectivity index (χ2v) is 1.42. The zero-order valence-electron chi connectivity index (χ0n) is 4.20. The van der Waals surface area contributed by atoms with E-state index in [0.717, 1.165) is 0 Å². The van der Waals surface area contributed by atoms with E-state index in [1.54, 1.807) is 0 Å². The average Bonchev–Trinajstić information content (AvgIpc) is 2.12. The molecular weight excluding hydrogens is 108 g/mol. The maximum absolute atomic E-state index is 10.2. The molecule has 1 amide bonds. The van der Waals surface area contributed by atoms with Gasteiger partial charge in [0, 0.05) is 6.21 Å². The van der Waals surface area contributed by atoms with Crippen LogP contribution in [0.25, 0.3) is 0 Å². The fourth-order valence-electron chi connectivity index (χ4n) is 0.472. The molecule has 1 atom stereocenters. The van der Waals surface area contributed by atoms with Crippen molar-refractivity contribution >= 4 is 12.1 Å². The van der Waals surface area contributed by atoms with Gasteiger partial charge in [0.2, 0.25) is 6.23 Å². The van der Waals surface area contributed by atoms with Gasteiger partial charge in [0.1, 0.15) is 0 Å². The summed E-state index contributed by atoms with van der Waals surface area (Å²) in [6.45, 7) is 0.396. The third kappa shape index (κ3) is 0.840. The monoisotopic (exact) mass is 114 g/mol. The molecule has 0 radical (unpaired) electrons.